The monoisotopic (exact) mass is 707 g/mol. The highest BCUT2D eigenvalue weighted by Crippen LogP contribution is 2.33. The topological polar surface area (TPSA) is 105 Å². The van der Waals surface area contributed by atoms with Gasteiger partial charge in [0.25, 0.3) is 10.0 Å². The molecular formula is C37H39ClFN3O6S. The smallest absolute Gasteiger partial charge is 0.264 e. The minimum absolute atomic E-state index is 0.0185. The first kappa shape index (κ1) is 35.7. The maximum absolute atomic E-state index is 14.6. The van der Waals surface area contributed by atoms with E-state index in [1.54, 1.807) is 24.3 Å². The second-order valence-corrected chi connectivity index (χ2v) is 14.2. The van der Waals surface area contributed by atoms with E-state index in [2.05, 4.69) is 5.32 Å². The summed E-state index contributed by atoms with van der Waals surface area (Å²) in [5.41, 5.74) is 1.54. The van der Waals surface area contributed by atoms with Gasteiger partial charge in [-0.25, -0.2) is 12.8 Å². The summed E-state index contributed by atoms with van der Waals surface area (Å²) in [7, 11) is -1.64. The zero-order valence-electron chi connectivity index (χ0n) is 27.4. The Balaban J connectivity index is 1.58. The third kappa shape index (κ3) is 8.90. The molecule has 0 heterocycles. The van der Waals surface area contributed by atoms with Gasteiger partial charge in [-0.2, -0.15) is 0 Å². The number of hydrogen-bond donors (Lipinski definition) is 1. The Labute approximate surface area is 291 Å². The number of hydrogen-bond acceptors (Lipinski definition) is 6. The van der Waals surface area contributed by atoms with E-state index < -0.39 is 34.3 Å². The van der Waals surface area contributed by atoms with Crippen molar-refractivity contribution in [2.45, 2.75) is 55.6 Å². The van der Waals surface area contributed by atoms with E-state index in [0.717, 1.165) is 47.7 Å². The molecule has 2 amide bonds. The van der Waals surface area contributed by atoms with Gasteiger partial charge in [0.1, 0.15) is 18.4 Å². The van der Waals surface area contributed by atoms with Crippen LogP contribution in [0.25, 0.3) is 0 Å². The molecule has 1 aliphatic carbocycles. The molecule has 0 spiro atoms. The summed E-state index contributed by atoms with van der Waals surface area (Å²) in [6.45, 7) is -0.715. The Bertz CT molecular complexity index is 1850. The summed E-state index contributed by atoms with van der Waals surface area (Å²) in [6.07, 6.45) is 3.87. The second-order valence-electron chi connectivity index (χ2n) is 11.9. The first-order valence-corrected chi connectivity index (χ1v) is 17.8. The van der Waals surface area contributed by atoms with E-state index >= 15 is 0 Å². The molecule has 0 saturated heterocycles. The third-order valence-electron chi connectivity index (χ3n) is 8.55. The van der Waals surface area contributed by atoms with E-state index in [1.165, 1.54) is 49.5 Å². The summed E-state index contributed by atoms with van der Waals surface area (Å²) in [4.78, 5) is 30.0. The Morgan fingerprint density at radius 3 is 2.20 bits per heavy atom. The average Bonchev–Trinajstić information content (AvgIpc) is 3.62. The first-order valence-electron chi connectivity index (χ1n) is 16.0. The fourth-order valence-electron chi connectivity index (χ4n) is 5.99. The molecule has 258 valence electrons. The van der Waals surface area contributed by atoms with Gasteiger partial charge in [-0.05, 0) is 72.5 Å². The van der Waals surface area contributed by atoms with Crippen molar-refractivity contribution in [2.75, 3.05) is 25.1 Å². The minimum Gasteiger partial charge on any atom is -0.493 e. The van der Waals surface area contributed by atoms with Gasteiger partial charge in [0.2, 0.25) is 11.8 Å². The largest absolute Gasteiger partial charge is 0.493 e. The molecule has 5 rings (SSSR count). The fourth-order valence-corrected chi connectivity index (χ4v) is 7.64. The Morgan fingerprint density at radius 1 is 0.878 bits per heavy atom. The van der Waals surface area contributed by atoms with E-state index in [-0.39, 0.29) is 41.2 Å². The van der Waals surface area contributed by atoms with Gasteiger partial charge in [-0.1, -0.05) is 66.9 Å². The first-order chi connectivity index (χ1) is 23.6. The number of halogens is 2. The summed E-state index contributed by atoms with van der Waals surface area (Å²) in [6, 6.07) is 24.2. The van der Waals surface area contributed by atoms with E-state index in [9.17, 15) is 22.4 Å². The van der Waals surface area contributed by atoms with Gasteiger partial charge < -0.3 is 19.7 Å². The molecule has 9 nitrogen and oxygen atoms in total. The van der Waals surface area contributed by atoms with Gasteiger partial charge >= 0.3 is 0 Å². The number of nitrogens with zero attached hydrogens (tertiary/aromatic N) is 2. The zero-order valence-corrected chi connectivity index (χ0v) is 28.9. The summed E-state index contributed by atoms with van der Waals surface area (Å²) in [5.74, 6) is -1.07. The average molecular weight is 708 g/mol. The van der Waals surface area contributed by atoms with Crippen molar-refractivity contribution in [3.63, 3.8) is 0 Å². The third-order valence-corrected chi connectivity index (χ3v) is 10.6. The number of anilines is 1. The lowest BCUT2D eigenvalue weighted by Gasteiger charge is -2.34. The number of carbonyl (C=O) groups excluding carboxylic acids is 2. The van der Waals surface area contributed by atoms with E-state index in [4.69, 9.17) is 21.1 Å². The summed E-state index contributed by atoms with van der Waals surface area (Å²) in [5, 5.41) is 3.59. The second kappa shape index (κ2) is 16.2. The Kier molecular flexibility index (Phi) is 11.8. The molecule has 0 aromatic heterocycles. The highest BCUT2D eigenvalue weighted by molar-refractivity contribution is 7.92. The van der Waals surface area contributed by atoms with Gasteiger partial charge in [-0.15, -0.1) is 0 Å². The van der Waals surface area contributed by atoms with Crippen molar-refractivity contribution in [3.8, 4) is 11.5 Å². The number of nitrogens with one attached hydrogen (secondary N) is 1. The van der Waals surface area contributed by atoms with Gasteiger partial charge in [0.15, 0.2) is 11.5 Å². The van der Waals surface area contributed by atoms with Crippen LogP contribution in [0.4, 0.5) is 10.1 Å². The highest BCUT2D eigenvalue weighted by Gasteiger charge is 2.36. The summed E-state index contributed by atoms with van der Waals surface area (Å²) < 4.78 is 54.3. The van der Waals surface area contributed by atoms with Gasteiger partial charge in [0.05, 0.1) is 24.8 Å². The molecule has 1 atom stereocenters. The van der Waals surface area contributed by atoms with Crippen LogP contribution >= 0.6 is 11.6 Å². The Morgan fingerprint density at radius 2 is 1.55 bits per heavy atom. The maximum atomic E-state index is 14.6. The quantitative estimate of drug-likeness (QED) is 0.163. The minimum atomic E-state index is -4.45. The fraction of sp³-hybridized carbons (Fsp3) is 0.297. The van der Waals surface area contributed by atoms with Crippen LogP contribution in [0.3, 0.4) is 0 Å². The molecule has 0 aliphatic heterocycles. The van der Waals surface area contributed by atoms with Crippen LogP contribution in [0.2, 0.25) is 5.02 Å². The van der Waals surface area contributed by atoms with Crippen LogP contribution in [0, 0.1) is 5.82 Å². The standard InChI is InChI=1S/C37H39ClFN3O6S/c1-47-34-20-19-32(23-35(34)48-2)49(45,46)42(31-17-15-29(39)16-18-31)25-36(43)41(24-27-11-8-12-28(38)21-27)33(22-26-9-4-3-5-10-26)37(44)40-30-13-6-7-14-30/h3-5,8-12,15-21,23,30,33H,6-7,13-14,22,24-25H2,1-2H3,(H,40,44). The molecule has 1 fully saturated rings. The van der Waals surface area contributed by atoms with Crippen LogP contribution < -0.4 is 19.1 Å². The number of sulfonamides is 1. The molecule has 49 heavy (non-hydrogen) atoms. The van der Waals surface area contributed by atoms with Crippen LogP contribution in [0.15, 0.2) is 102 Å². The molecule has 12 heteroatoms. The molecule has 1 unspecified atom stereocenters. The van der Waals surface area contributed by atoms with Crippen molar-refractivity contribution in [3.05, 3.63) is 119 Å². The number of rotatable bonds is 14. The molecule has 1 N–H and O–H groups in total. The number of methoxy groups -OCH3 is 2. The van der Waals surface area contributed by atoms with Crippen LogP contribution in [-0.4, -0.2) is 58.0 Å². The van der Waals surface area contributed by atoms with Crippen molar-refractivity contribution < 1.29 is 31.9 Å². The molecule has 0 radical (unpaired) electrons. The number of benzene rings is 4. The lowest BCUT2D eigenvalue weighted by molar-refractivity contribution is -0.140. The number of carbonyl (C=O) groups is 2. The van der Waals surface area contributed by atoms with Crippen molar-refractivity contribution in [2.24, 2.45) is 0 Å². The normalized spacial score (nSPS) is 13.8. The molecule has 0 bridgehead atoms. The number of ether oxygens (including phenoxy) is 2. The summed E-state index contributed by atoms with van der Waals surface area (Å²) >= 11 is 6.32. The van der Waals surface area contributed by atoms with Gasteiger partial charge in [0, 0.05) is 30.1 Å². The van der Waals surface area contributed by atoms with Gasteiger partial charge in [-0.3, -0.25) is 13.9 Å². The molecular weight excluding hydrogens is 669 g/mol. The number of amides is 2. The van der Waals surface area contributed by atoms with Crippen molar-refractivity contribution in [1.29, 1.82) is 0 Å². The SMILES string of the molecule is COc1ccc(S(=O)(=O)N(CC(=O)N(Cc2cccc(Cl)c2)C(Cc2ccccc2)C(=O)NC2CCCC2)c2ccc(F)cc2)cc1OC. The zero-order chi connectivity index (χ0) is 35.0. The van der Waals surface area contributed by atoms with Crippen LogP contribution in [0.1, 0.15) is 36.8 Å². The maximum Gasteiger partial charge on any atom is 0.264 e. The highest BCUT2D eigenvalue weighted by atomic mass is 35.5. The van der Waals surface area contributed by atoms with Crippen LogP contribution in [0.5, 0.6) is 11.5 Å². The van der Waals surface area contributed by atoms with Crippen molar-refractivity contribution >= 4 is 39.1 Å². The van der Waals surface area contributed by atoms with E-state index in [1.807, 2.05) is 30.3 Å². The lowest BCUT2D eigenvalue weighted by Crippen LogP contribution is -2.54. The molecule has 4 aromatic rings. The molecule has 4 aromatic carbocycles. The lowest BCUT2D eigenvalue weighted by atomic mass is 10.0. The molecule has 1 saturated carbocycles. The predicted molar refractivity (Wildman–Crippen MR) is 187 cm³/mol. The van der Waals surface area contributed by atoms with E-state index in [0.29, 0.717) is 16.3 Å². The Hall–Kier alpha value is -4.61. The molecule has 1 aliphatic rings. The van der Waals surface area contributed by atoms with Crippen LogP contribution in [-0.2, 0) is 32.6 Å². The predicted octanol–water partition coefficient (Wildman–Crippen LogP) is 6.39. The van der Waals surface area contributed by atoms with Crippen molar-refractivity contribution in [1.82, 2.24) is 10.2 Å².